The molecule has 5 aromatic rings. The number of hydrogen-bond acceptors (Lipinski definition) is 6. The van der Waals surface area contributed by atoms with E-state index in [-0.39, 0.29) is 17.0 Å². The number of aromatic nitrogens is 4. The van der Waals surface area contributed by atoms with Crippen LogP contribution in [-0.4, -0.2) is 19.9 Å². The molecule has 0 radical (unpaired) electrons. The van der Waals surface area contributed by atoms with Crippen molar-refractivity contribution < 1.29 is 9.26 Å². The number of hydrogen-bond donors (Lipinski definition) is 0. The summed E-state index contributed by atoms with van der Waals surface area (Å²) in [5.41, 5.74) is 2.46. The van der Waals surface area contributed by atoms with Gasteiger partial charge in [0, 0.05) is 17.8 Å². The molecular formula is C25H18N4O3. The second kappa shape index (κ2) is 8.69. The Kier molecular flexibility index (Phi) is 5.28. The third kappa shape index (κ3) is 4.17. The highest BCUT2D eigenvalue weighted by molar-refractivity contribution is 5.58. The van der Waals surface area contributed by atoms with Gasteiger partial charge in [0.25, 0.3) is 5.89 Å². The number of rotatable bonds is 6. The van der Waals surface area contributed by atoms with E-state index in [1.165, 1.54) is 6.07 Å². The van der Waals surface area contributed by atoms with E-state index in [1.807, 2.05) is 84.9 Å². The summed E-state index contributed by atoms with van der Waals surface area (Å²) in [5, 5.41) is 8.39. The molecule has 0 atom stereocenters. The minimum atomic E-state index is -0.294. The molecule has 0 spiro atoms. The van der Waals surface area contributed by atoms with Gasteiger partial charge in [0.1, 0.15) is 12.4 Å². The summed E-state index contributed by atoms with van der Waals surface area (Å²) >= 11 is 0. The molecule has 2 heterocycles. The fourth-order valence-corrected chi connectivity index (χ4v) is 3.16. The first kappa shape index (κ1) is 19.4. The van der Waals surface area contributed by atoms with Gasteiger partial charge in [-0.2, -0.15) is 10.1 Å². The lowest BCUT2D eigenvalue weighted by Gasteiger charge is -2.06. The highest BCUT2D eigenvalue weighted by atomic mass is 16.5. The standard InChI is InChI=1S/C25H18N4O3/c30-22-15-16-29(20-9-5-2-6-10-20)27-23(22)25-26-24(28-32-25)19-11-13-21(14-12-19)31-17-18-7-3-1-4-8-18/h1-16H,17H2. The van der Waals surface area contributed by atoms with Crippen molar-refractivity contribution in [1.29, 1.82) is 0 Å². The molecular weight excluding hydrogens is 404 g/mol. The minimum Gasteiger partial charge on any atom is -0.489 e. The Morgan fingerprint density at radius 2 is 1.56 bits per heavy atom. The van der Waals surface area contributed by atoms with E-state index < -0.39 is 0 Å². The summed E-state index contributed by atoms with van der Waals surface area (Å²) in [6, 6.07) is 28.2. The molecule has 7 nitrogen and oxygen atoms in total. The average molecular weight is 422 g/mol. The van der Waals surface area contributed by atoms with Crippen molar-refractivity contribution in [2.45, 2.75) is 6.61 Å². The summed E-state index contributed by atoms with van der Waals surface area (Å²) in [5.74, 6) is 1.17. The lowest BCUT2D eigenvalue weighted by atomic mass is 10.2. The quantitative estimate of drug-likeness (QED) is 0.400. The van der Waals surface area contributed by atoms with E-state index in [9.17, 15) is 4.79 Å². The van der Waals surface area contributed by atoms with Crippen LogP contribution in [0, 0.1) is 0 Å². The monoisotopic (exact) mass is 422 g/mol. The van der Waals surface area contributed by atoms with Gasteiger partial charge in [-0.25, -0.2) is 4.68 Å². The largest absolute Gasteiger partial charge is 0.489 e. The van der Waals surface area contributed by atoms with E-state index in [1.54, 1.807) is 10.9 Å². The molecule has 0 amide bonds. The highest BCUT2D eigenvalue weighted by Crippen LogP contribution is 2.23. The molecule has 0 saturated carbocycles. The molecule has 7 heteroatoms. The Balaban J connectivity index is 1.35. The summed E-state index contributed by atoms with van der Waals surface area (Å²) in [6.45, 7) is 0.486. The molecule has 32 heavy (non-hydrogen) atoms. The van der Waals surface area contributed by atoms with Crippen molar-refractivity contribution in [3.05, 3.63) is 113 Å². The zero-order chi connectivity index (χ0) is 21.8. The average Bonchev–Trinajstić information content (AvgIpc) is 3.35. The molecule has 0 bridgehead atoms. The second-order valence-electron chi connectivity index (χ2n) is 7.03. The van der Waals surface area contributed by atoms with Crippen LogP contribution in [-0.2, 0) is 6.61 Å². The Hall–Kier alpha value is -4.52. The number of ether oxygens (including phenoxy) is 1. The van der Waals surface area contributed by atoms with E-state index in [2.05, 4.69) is 15.2 Å². The van der Waals surface area contributed by atoms with Crippen LogP contribution in [0.3, 0.4) is 0 Å². The number of nitrogens with zero attached hydrogens (tertiary/aromatic N) is 4. The first-order valence-corrected chi connectivity index (χ1v) is 10.0. The van der Waals surface area contributed by atoms with E-state index in [0.29, 0.717) is 12.4 Å². The lowest BCUT2D eigenvalue weighted by molar-refractivity contribution is 0.306. The Labute approximate surface area is 183 Å². The normalized spacial score (nSPS) is 10.8. The minimum absolute atomic E-state index is 0.0692. The summed E-state index contributed by atoms with van der Waals surface area (Å²) in [7, 11) is 0. The topological polar surface area (TPSA) is 83.0 Å². The first-order valence-electron chi connectivity index (χ1n) is 10.0. The predicted molar refractivity (Wildman–Crippen MR) is 119 cm³/mol. The van der Waals surface area contributed by atoms with Crippen molar-refractivity contribution in [3.8, 4) is 34.4 Å². The van der Waals surface area contributed by atoms with Crippen LogP contribution in [0.4, 0.5) is 0 Å². The Bertz CT molecular complexity index is 1380. The Morgan fingerprint density at radius 1 is 0.844 bits per heavy atom. The van der Waals surface area contributed by atoms with Crippen LogP contribution in [0.1, 0.15) is 5.56 Å². The summed E-state index contributed by atoms with van der Waals surface area (Å²) < 4.78 is 12.8. The van der Waals surface area contributed by atoms with Crippen LogP contribution in [0.25, 0.3) is 28.7 Å². The lowest BCUT2D eigenvalue weighted by Crippen LogP contribution is -2.12. The van der Waals surface area contributed by atoms with E-state index in [0.717, 1.165) is 22.6 Å². The molecule has 0 saturated heterocycles. The summed E-state index contributed by atoms with van der Waals surface area (Å²) in [6.07, 6.45) is 1.60. The van der Waals surface area contributed by atoms with Crippen molar-refractivity contribution in [2.24, 2.45) is 0 Å². The van der Waals surface area contributed by atoms with Gasteiger partial charge in [-0.3, -0.25) is 4.79 Å². The molecule has 0 aliphatic rings. The van der Waals surface area contributed by atoms with Crippen LogP contribution < -0.4 is 10.2 Å². The molecule has 156 valence electrons. The smallest absolute Gasteiger partial charge is 0.282 e. The van der Waals surface area contributed by atoms with Crippen LogP contribution >= 0.6 is 0 Å². The number of benzene rings is 3. The van der Waals surface area contributed by atoms with Gasteiger partial charge in [-0.1, -0.05) is 53.7 Å². The van der Waals surface area contributed by atoms with E-state index in [4.69, 9.17) is 9.26 Å². The molecule has 5 rings (SSSR count). The van der Waals surface area contributed by atoms with Crippen LogP contribution in [0.15, 0.2) is 107 Å². The SMILES string of the molecule is O=c1ccn(-c2ccccc2)nc1-c1nc(-c2ccc(OCc3ccccc3)cc2)no1. The van der Waals surface area contributed by atoms with Crippen LogP contribution in [0.5, 0.6) is 5.75 Å². The number of para-hydroxylation sites is 1. The van der Waals surface area contributed by atoms with Gasteiger partial charge >= 0.3 is 0 Å². The molecule has 3 aromatic carbocycles. The third-order valence-corrected chi connectivity index (χ3v) is 4.82. The molecule has 0 aliphatic heterocycles. The van der Waals surface area contributed by atoms with Crippen molar-refractivity contribution in [1.82, 2.24) is 19.9 Å². The van der Waals surface area contributed by atoms with Gasteiger partial charge in [0.05, 0.1) is 5.69 Å². The maximum atomic E-state index is 12.4. The first-order chi connectivity index (χ1) is 15.8. The predicted octanol–water partition coefficient (Wildman–Crippen LogP) is 4.53. The Morgan fingerprint density at radius 3 is 2.31 bits per heavy atom. The maximum absolute atomic E-state index is 12.4. The third-order valence-electron chi connectivity index (χ3n) is 4.82. The maximum Gasteiger partial charge on any atom is 0.282 e. The van der Waals surface area contributed by atoms with E-state index >= 15 is 0 Å². The van der Waals surface area contributed by atoms with Gasteiger partial charge in [-0.15, -0.1) is 0 Å². The van der Waals surface area contributed by atoms with Crippen LogP contribution in [0.2, 0.25) is 0 Å². The second-order valence-corrected chi connectivity index (χ2v) is 7.03. The summed E-state index contributed by atoms with van der Waals surface area (Å²) in [4.78, 5) is 16.7. The van der Waals surface area contributed by atoms with Crippen molar-refractivity contribution >= 4 is 0 Å². The molecule has 0 aliphatic carbocycles. The molecule has 2 aromatic heterocycles. The van der Waals surface area contributed by atoms with Gasteiger partial charge in [0.15, 0.2) is 5.69 Å². The highest BCUT2D eigenvalue weighted by Gasteiger charge is 2.16. The zero-order valence-electron chi connectivity index (χ0n) is 17.0. The molecule has 0 N–H and O–H groups in total. The molecule has 0 fully saturated rings. The fourth-order valence-electron chi connectivity index (χ4n) is 3.16. The zero-order valence-corrected chi connectivity index (χ0v) is 17.0. The van der Waals surface area contributed by atoms with Crippen molar-refractivity contribution in [3.63, 3.8) is 0 Å². The van der Waals surface area contributed by atoms with Gasteiger partial charge in [-0.05, 0) is 42.0 Å². The van der Waals surface area contributed by atoms with Gasteiger partial charge < -0.3 is 9.26 Å². The van der Waals surface area contributed by atoms with Crippen molar-refractivity contribution in [2.75, 3.05) is 0 Å². The molecule has 0 unspecified atom stereocenters. The van der Waals surface area contributed by atoms with Gasteiger partial charge in [0.2, 0.25) is 11.3 Å². The fraction of sp³-hybridized carbons (Fsp3) is 0.0400.